The second-order valence-electron chi connectivity index (χ2n) is 7.24. The molecule has 0 bridgehead atoms. The van der Waals surface area contributed by atoms with Crippen molar-refractivity contribution in [2.75, 3.05) is 5.32 Å². The minimum absolute atomic E-state index is 0.0551. The van der Waals surface area contributed by atoms with Crippen molar-refractivity contribution in [1.29, 1.82) is 0 Å². The quantitative estimate of drug-likeness (QED) is 0.456. The Morgan fingerprint density at radius 1 is 1.00 bits per heavy atom. The van der Waals surface area contributed by atoms with Crippen molar-refractivity contribution >= 4 is 34.7 Å². The Labute approximate surface area is 180 Å². The summed E-state index contributed by atoms with van der Waals surface area (Å²) in [5.74, 6) is 2.04. The lowest BCUT2D eigenvalue weighted by Crippen LogP contribution is -2.45. The van der Waals surface area contributed by atoms with Crippen molar-refractivity contribution in [2.24, 2.45) is 0 Å². The van der Waals surface area contributed by atoms with Gasteiger partial charge in [-0.3, -0.25) is 4.79 Å². The first kappa shape index (κ1) is 19.9. The number of hydrogen-bond acceptors (Lipinski definition) is 3. The van der Waals surface area contributed by atoms with Crippen LogP contribution in [0.1, 0.15) is 41.3 Å². The normalized spacial score (nSPS) is 13.6. The minimum atomic E-state index is 0.0551. The number of benzene rings is 2. The monoisotopic (exact) mass is 429 g/mol. The highest BCUT2D eigenvalue weighted by Crippen LogP contribution is 2.16. The Bertz CT molecular complexity index is 997. The fourth-order valence-electron chi connectivity index (χ4n) is 3.64. The summed E-state index contributed by atoms with van der Waals surface area (Å²) in [7, 11) is 0. The van der Waals surface area contributed by atoms with Crippen molar-refractivity contribution in [1.82, 2.24) is 9.78 Å². The third-order valence-corrected chi connectivity index (χ3v) is 5.69. The van der Waals surface area contributed by atoms with Crippen molar-refractivity contribution in [3.05, 3.63) is 75.8 Å². The molecule has 0 spiro atoms. The van der Waals surface area contributed by atoms with Crippen LogP contribution in [-0.2, 0) is 26.1 Å². The lowest BCUT2D eigenvalue weighted by Gasteiger charge is -2.07. The van der Waals surface area contributed by atoms with E-state index >= 15 is 0 Å². The van der Waals surface area contributed by atoms with Crippen LogP contribution in [0.5, 0.6) is 0 Å². The first-order valence-electron chi connectivity index (χ1n) is 9.87. The summed E-state index contributed by atoms with van der Waals surface area (Å²) in [4.78, 5) is 12.9. The molecular formula is C22H23Cl2N4O+. The lowest BCUT2D eigenvalue weighted by molar-refractivity contribution is -0.698. The molecule has 0 radical (unpaired) electrons. The van der Waals surface area contributed by atoms with Crippen molar-refractivity contribution in [3.63, 3.8) is 0 Å². The van der Waals surface area contributed by atoms with E-state index in [0.717, 1.165) is 43.1 Å². The van der Waals surface area contributed by atoms with Crippen molar-refractivity contribution in [2.45, 2.75) is 45.3 Å². The molecule has 0 saturated heterocycles. The predicted molar refractivity (Wildman–Crippen MR) is 115 cm³/mol. The van der Waals surface area contributed by atoms with E-state index in [9.17, 15) is 4.79 Å². The number of anilines is 1. The van der Waals surface area contributed by atoms with Gasteiger partial charge in [-0.25, -0.2) is 4.57 Å². The number of rotatable bonds is 6. The maximum Gasteiger partial charge on any atom is 0.297 e. The van der Waals surface area contributed by atoms with Gasteiger partial charge in [-0.2, -0.15) is 0 Å². The number of fused-ring (bicyclic) bond motifs is 1. The number of hydrogen-bond donors (Lipinski definition) is 1. The predicted octanol–water partition coefficient (Wildman–Crippen LogP) is 4.70. The highest BCUT2D eigenvalue weighted by molar-refractivity contribution is 6.30. The number of Topliss-reactive ketones (excluding diaryl/α,β-unsaturated/α-hetero) is 1. The summed E-state index contributed by atoms with van der Waals surface area (Å²) in [5.41, 5.74) is 1.63. The molecular weight excluding hydrogens is 407 g/mol. The first-order chi connectivity index (χ1) is 14.1. The van der Waals surface area contributed by atoms with Gasteiger partial charge in [0, 0.05) is 32.8 Å². The van der Waals surface area contributed by atoms with E-state index < -0.39 is 0 Å². The van der Waals surface area contributed by atoms with Gasteiger partial charge >= 0.3 is 0 Å². The van der Waals surface area contributed by atoms with Gasteiger partial charge in [-0.15, -0.1) is 4.68 Å². The summed E-state index contributed by atoms with van der Waals surface area (Å²) in [6.07, 6.45) is 4.35. The molecule has 1 N–H and O–H groups in total. The van der Waals surface area contributed by atoms with E-state index in [4.69, 9.17) is 28.3 Å². The van der Waals surface area contributed by atoms with Gasteiger partial charge in [0.05, 0.1) is 0 Å². The average molecular weight is 430 g/mol. The average Bonchev–Trinajstić information content (AvgIpc) is 2.88. The van der Waals surface area contributed by atoms with Gasteiger partial charge in [0.2, 0.25) is 5.82 Å². The van der Waals surface area contributed by atoms with Gasteiger partial charge in [0.1, 0.15) is 19.6 Å². The van der Waals surface area contributed by atoms with E-state index in [1.807, 2.05) is 24.3 Å². The van der Waals surface area contributed by atoms with Gasteiger partial charge in [-0.1, -0.05) is 23.2 Å². The van der Waals surface area contributed by atoms with Crippen LogP contribution in [0.4, 0.5) is 5.69 Å². The minimum Gasteiger partial charge on any atom is -0.375 e. The molecule has 0 amide bonds. The second kappa shape index (κ2) is 8.97. The second-order valence-corrected chi connectivity index (χ2v) is 8.12. The third-order valence-electron chi connectivity index (χ3n) is 5.19. The summed E-state index contributed by atoms with van der Waals surface area (Å²) in [5, 5.41) is 9.54. The van der Waals surface area contributed by atoms with Crippen LogP contribution in [0, 0.1) is 0 Å². The lowest BCUT2D eigenvalue weighted by atomic mass is 10.1. The molecule has 1 aliphatic rings. The highest BCUT2D eigenvalue weighted by Gasteiger charge is 2.28. The number of nitrogens with zero attached hydrogens (tertiary/aromatic N) is 3. The molecule has 4 rings (SSSR count). The number of ketones is 1. The molecule has 0 saturated carbocycles. The maximum atomic E-state index is 12.9. The molecule has 5 nitrogen and oxygen atoms in total. The fraction of sp³-hybridized carbons (Fsp3) is 0.318. The Hall–Kier alpha value is -2.37. The maximum absolute atomic E-state index is 12.9. The van der Waals surface area contributed by atoms with Crippen LogP contribution in [0.2, 0.25) is 10.0 Å². The molecule has 1 aliphatic heterocycles. The Balaban J connectivity index is 1.59. The van der Waals surface area contributed by atoms with Crippen LogP contribution in [0.3, 0.4) is 0 Å². The SMILES string of the molecule is O=C(C[n+]1c(CNc2ccc(Cl)cc2)nn2c1CCCCC2)c1ccc(Cl)cc1. The van der Waals surface area contributed by atoms with Crippen LogP contribution in [0.25, 0.3) is 0 Å². The van der Waals surface area contributed by atoms with Crippen LogP contribution in [0.15, 0.2) is 48.5 Å². The molecule has 2 aromatic carbocycles. The molecule has 1 aromatic heterocycles. The fourth-order valence-corrected chi connectivity index (χ4v) is 3.89. The summed E-state index contributed by atoms with van der Waals surface area (Å²) < 4.78 is 4.15. The third kappa shape index (κ3) is 4.80. The van der Waals surface area contributed by atoms with E-state index in [2.05, 4.69) is 14.6 Å². The van der Waals surface area contributed by atoms with E-state index in [0.29, 0.717) is 22.2 Å². The van der Waals surface area contributed by atoms with Crippen molar-refractivity contribution < 1.29 is 9.36 Å². The van der Waals surface area contributed by atoms with E-state index in [-0.39, 0.29) is 12.3 Å². The van der Waals surface area contributed by atoms with Crippen molar-refractivity contribution in [3.8, 4) is 0 Å². The van der Waals surface area contributed by atoms with Gasteiger partial charge in [0.25, 0.3) is 5.82 Å². The molecule has 0 aliphatic carbocycles. The molecule has 3 aromatic rings. The number of halogens is 2. The number of nitrogens with one attached hydrogen (secondary N) is 1. The van der Waals surface area contributed by atoms with E-state index in [1.54, 1.807) is 24.3 Å². The van der Waals surface area contributed by atoms with Crippen LogP contribution < -0.4 is 9.88 Å². The first-order valence-corrected chi connectivity index (χ1v) is 10.6. The van der Waals surface area contributed by atoms with Gasteiger partial charge < -0.3 is 5.32 Å². The molecule has 29 heavy (non-hydrogen) atoms. The number of carbonyl (C=O) groups excluding carboxylic acids is 1. The largest absolute Gasteiger partial charge is 0.375 e. The topological polar surface area (TPSA) is 50.8 Å². The van der Waals surface area contributed by atoms with Gasteiger partial charge in [0.15, 0.2) is 5.78 Å². The Morgan fingerprint density at radius 3 is 2.41 bits per heavy atom. The zero-order valence-corrected chi connectivity index (χ0v) is 17.6. The molecule has 0 unspecified atom stereocenters. The van der Waals surface area contributed by atoms with Crippen LogP contribution >= 0.6 is 23.2 Å². The summed E-state index contributed by atoms with van der Waals surface area (Å²) >= 11 is 11.9. The number of aryl methyl sites for hydroxylation is 1. The van der Waals surface area contributed by atoms with Crippen LogP contribution in [-0.4, -0.2) is 15.6 Å². The Morgan fingerprint density at radius 2 is 1.69 bits per heavy atom. The summed E-state index contributed by atoms with van der Waals surface area (Å²) in [6.45, 7) is 1.70. The summed E-state index contributed by atoms with van der Waals surface area (Å²) in [6, 6.07) is 14.6. The smallest absolute Gasteiger partial charge is 0.297 e. The van der Waals surface area contributed by atoms with E-state index in [1.165, 1.54) is 6.42 Å². The van der Waals surface area contributed by atoms with Gasteiger partial charge in [-0.05, 0) is 67.8 Å². The zero-order valence-electron chi connectivity index (χ0n) is 16.1. The molecule has 0 atom stereocenters. The molecule has 150 valence electrons. The highest BCUT2D eigenvalue weighted by atomic mass is 35.5. The zero-order chi connectivity index (χ0) is 20.2. The number of aromatic nitrogens is 3. The molecule has 2 heterocycles. The molecule has 0 fully saturated rings. The standard InChI is InChI=1S/C22H23Cl2N4O/c23-17-7-5-16(6-8-17)20(29)15-27-21(14-25-19-11-9-18(24)10-12-19)26-28-13-3-1-2-4-22(27)28/h5-12,25H,1-4,13-15H2/q+1. The number of carbonyl (C=O) groups is 1. The molecule has 7 heteroatoms. The Kier molecular flexibility index (Phi) is 6.16.